The minimum atomic E-state index is -0.350. The highest BCUT2D eigenvalue weighted by molar-refractivity contribution is 6.09. The summed E-state index contributed by atoms with van der Waals surface area (Å²) in [5, 5.41) is 16.3. The Balaban J connectivity index is 1.25. The Bertz CT molecular complexity index is 1760. The third kappa shape index (κ3) is 6.14. The molecule has 0 radical (unpaired) electrons. The molecule has 3 N–H and O–H groups in total. The van der Waals surface area contributed by atoms with Crippen LogP contribution in [0.25, 0.3) is 27.6 Å². The van der Waals surface area contributed by atoms with Gasteiger partial charge in [0, 0.05) is 47.4 Å². The maximum Gasteiger partial charge on any atom is 0.324 e. The Labute approximate surface area is 258 Å². The lowest BCUT2D eigenvalue weighted by Crippen LogP contribution is -2.41. The van der Waals surface area contributed by atoms with E-state index < -0.39 is 0 Å². The van der Waals surface area contributed by atoms with Crippen molar-refractivity contribution in [2.45, 2.75) is 52.0 Å². The van der Waals surface area contributed by atoms with Crippen molar-refractivity contribution in [3.05, 3.63) is 90.5 Å². The number of nitrogens with zero attached hydrogens (tertiary/aromatic N) is 5. The van der Waals surface area contributed by atoms with Gasteiger partial charge in [-0.05, 0) is 74.1 Å². The van der Waals surface area contributed by atoms with Gasteiger partial charge in [-0.25, -0.2) is 14.5 Å². The van der Waals surface area contributed by atoms with E-state index in [9.17, 15) is 4.79 Å². The molecular formula is C35H40N8O. The van der Waals surface area contributed by atoms with Crippen LogP contribution in [0.3, 0.4) is 0 Å². The predicted octanol–water partition coefficient (Wildman–Crippen LogP) is 6.92. The van der Waals surface area contributed by atoms with E-state index in [-0.39, 0.29) is 11.4 Å². The van der Waals surface area contributed by atoms with Crippen LogP contribution < -0.4 is 20.9 Å². The van der Waals surface area contributed by atoms with Crippen molar-refractivity contribution in [2.24, 2.45) is 0 Å². The molecule has 0 bridgehead atoms. The average Bonchev–Trinajstić information content (AvgIpc) is 3.46. The van der Waals surface area contributed by atoms with Crippen molar-refractivity contribution in [2.75, 3.05) is 35.7 Å². The number of piperidine rings is 1. The van der Waals surface area contributed by atoms with Crippen LogP contribution in [0.15, 0.2) is 79.1 Å². The van der Waals surface area contributed by atoms with Crippen molar-refractivity contribution in [3.8, 4) is 16.8 Å². The summed E-state index contributed by atoms with van der Waals surface area (Å²) in [6.45, 7) is 10.3. The van der Waals surface area contributed by atoms with Gasteiger partial charge in [-0.15, -0.1) is 0 Å². The molecule has 4 heterocycles. The lowest BCUT2D eigenvalue weighted by Gasteiger charge is -2.32. The maximum atomic E-state index is 13.4. The fourth-order valence-corrected chi connectivity index (χ4v) is 5.68. The highest BCUT2D eigenvalue weighted by atomic mass is 16.2. The number of carbonyl (C=O) groups is 1. The summed E-state index contributed by atoms with van der Waals surface area (Å²) in [7, 11) is 2.13. The van der Waals surface area contributed by atoms with E-state index in [0.29, 0.717) is 11.9 Å². The molecule has 9 heteroatoms. The minimum absolute atomic E-state index is 0.196. The van der Waals surface area contributed by atoms with Crippen LogP contribution in [-0.2, 0) is 5.41 Å². The van der Waals surface area contributed by atoms with Gasteiger partial charge in [0.1, 0.15) is 11.6 Å². The number of amides is 2. The van der Waals surface area contributed by atoms with E-state index in [2.05, 4.69) is 71.9 Å². The summed E-state index contributed by atoms with van der Waals surface area (Å²) in [5.74, 6) is 1.55. The van der Waals surface area contributed by atoms with E-state index in [1.54, 1.807) is 10.9 Å². The molecule has 0 spiro atoms. The molecule has 226 valence electrons. The fraction of sp³-hybridized carbons (Fsp3) is 0.314. The first-order valence-electron chi connectivity index (χ1n) is 15.2. The number of nitrogens with one attached hydrogen (secondary N) is 3. The summed E-state index contributed by atoms with van der Waals surface area (Å²) in [6.07, 6.45) is 5.95. The summed E-state index contributed by atoms with van der Waals surface area (Å²) in [6, 6.07) is 22.3. The van der Waals surface area contributed by atoms with Gasteiger partial charge < -0.3 is 15.5 Å². The second-order valence-corrected chi connectivity index (χ2v) is 12.5. The van der Waals surface area contributed by atoms with Gasteiger partial charge in [-0.2, -0.15) is 5.10 Å². The van der Waals surface area contributed by atoms with Gasteiger partial charge in [0.15, 0.2) is 0 Å². The number of aryl methyl sites for hydroxylation is 1. The minimum Gasteiger partial charge on any atom is -0.357 e. The topological polar surface area (TPSA) is 100 Å². The monoisotopic (exact) mass is 588 g/mol. The highest BCUT2D eigenvalue weighted by Gasteiger charge is 2.22. The Morgan fingerprint density at radius 3 is 2.39 bits per heavy atom. The number of urea groups is 1. The average molecular weight is 589 g/mol. The van der Waals surface area contributed by atoms with E-state index in [4.69, 9.17) is 10.1 Å². The number of rotatable bonds is 6. The number of fused-ring (bicyclic) bond motifs is 1. The molecule has 1 aliphatic heterocycles. The molecule has 0 saturated carbocycles. The number of anilines is 3. The zero-order valence-electron chi connectivity index (χ0n) is 26.1. The first-order valence-corrected chi connectivity index (χ1v) is 15.2. The first-order chi connectivity index (χ1) is 21.2. The zero-order valence-corrected chi connectivity index (χ0v) is 26.1. The van der Waals surface area contributed by atoms with Crippen molar-refractivity contribution in [1.29, 1.82) is 0 Å². The molecule has 2 amide bonds. The van der Waals surface area contributed by atoms with Crippen molar-refractivity contribution in [1.82, 2.24) is 25.1 Å². The van der Waals surface area contributed by atoms with E-state index >= 15 is 0 Å². The van der Waals surface area contributed by atoms with Crippen LogP contribution in [0.2, 0.25) is 0 Å². The third-order valence-corrected chi connectivity index (χ3v) is 8.31. The molecule has 3 aromatic heterocycles. The molecule has 9 nitrogen and oxygen atoms in total. The molecule has 5 aromatic rings. The predicted molar refractivity (Wildman–Crippen MR) is 179 cm³/mol. The standard InChI is InChI=1S/C35H40N8O/c1-23-10-12-26(22-37-23)43-33(20-31(41-43)35(2,3)4)40-34(44)39-30-14-13-27(28-8-6-7-9-29(28)30)24-11-15-32(38-21-24)42(5)25-16-18-36-19-17-25/h6-15,20-22,25,36H,16-19H2,1-5H3,(H2,39,40,44). The van der Waals surface area contributed by atoms with Crippen LogP contribution in [0.5, 0.6) is 0 Å². The molecule has 1 aliphatic rings. The largest absolute Gasteiger partial charge is 0.357 e. The van der Waals surface area contributed by atoms with Crippen LogP contribution in [0, 0.1) is 6.92 Å². The SMILES string of the molecule is Cc1ccc(-n2nc(C(C)(C)C)cc2NC(=O)Nc2ccc(-c3ccc(N(C)C4CCNCC4)nc3)c3ccccc23)cn1. The zero-order chi connectivity index (χ0) is 30.8. The number of benzene rings is 2. The van der Waals surface area contributed by atoms with Crippen molar-refractivity contribution >= 4 is 34.1 Å². The van der Waals surface area contributed by atoms with Crippen LogP contribution in [0.1, 0.15) is 45.0 Å². The first kappa shape index (κ1) is 29.3. The second kappa shape index (κ2) is 12.1. The highest BCUT2D eigenvalue weighted by Crippen LogP contribution is 2.34. The summed E-state index contributed by atoms with van der Waals surface area (Å²) >= 11 is 0. The van der Waals surface area contributed by atoms with Gasteiger partial charge in [0.2, 0.25) is 0 Å². The van der Waals surface area contributed by atoms with Gasteiger partial charge in [-0.1, -0.05) is 51.1 Å². The number of pyridine rings is 2. The van der Waals surface area contributed by atoms with Crippen molar-refractivity contribution < 1.29 is 4.79 Å². The summed E-state index contributed by atoms with van der Waals surface area (Å²) in [4.78, 5) is 24.9. The van der Waals surface area contributed by atoms with Crippen LogP contribution >= 0.6 is 0 Å². The van der Waals surface area contributed by atoms with E-state index in [1.807, 2.05) is 61.7 Å². The molecule has 0 aliphatic carbocycles. The number of carbonyl (C=O) groups excluding carboxylic acids is 1. The van der Waals surface area contributed by atoms with Gasteiger partial charge in [0.25, 0.3) is 0 Å². The maximum absolute atomic E-state index is 13.4. The molecule has 6 rings (SSSR count). The second-order valence-electron chi connectivity index (χ2n) is 12.5. The Hall–Kier alpha value is -4.76. The van der Waals surface area contributed by atoms with Gasteiger partial charge >= 0.3 is 6.03 Å². The molecule has 0 atom stereocenters. The number of hydrogen-bond donors (Lipinski definition) is 3. The Morgan fingerprint density at radius 1 is 0.932 bits per heavy atom. The summed E-state index contributed by atoms with van der Waals surface area (Å²) < 4.78 is 1.73. The quantitative estimate of drug-likeness (QED) is 0.199. The molecule has 1 saturated heterocycles. The molecular weight excluding hydrogens is 548 g/mol. The van der Waals surface area contributed by atoms with Crippen molar-refractivity contribution in [3.63, 3.8) is 0 Å². The Morgan fingerprint density at radius 2 is 1.70 bits per heavy atom. The normalized spacial score (nSPS) is 14.0. The number of aromatic nitrogens is 4. The fourth-order valence-electron chi connectivity index (χ4n) is 5.68. The summed E-state index contributed by atoms with van der Waals surface area (Å²) in [5.41, 5.74) is 5.17. The molecule has 44 heavy (non-hydrogen) atoms. The Kier molecular flexibility index (Phi) is 8.05. The smallest absolute Gasteiger partial charge is 0.324 e. The molecule has 1 fully saturated rings. The lowest BCUT2D eigenvalue weighted by molar-refractivity contribution is 0.262. The lowest BCUT2D eigenvalue weighted by atomic mass is 9.92. The van der Waals surface area contributed by atoms with Crippen LogP contribution in [0.4, 0.5) is 22.1 Å². The van der Waals surface area contributed by atoms with E-state index in [0.717, 1.165) is 76.4 Å². The third-order valence-electron chi connectivity index (χ3n) is 8.31. The molecule has 2 aromatic carbocycles. The van der Waals surface area contributed by atoms with Gasteiger partial charge in [0.05, 0.1) is 23.3 Å². The molecule has 0 unspecified atom stereocenters. The number of hydrogen-bond acceptors (Lipinski definition) is 6. The van der Waals surface area contributed by atoms with E-state index in [1.165, 1.54) is 0 Å². The van der Waals surface area contributed by atoms with Crippen LogP contribution in [-0.4, -0.2) is 52.0 Å². The van der Waals surface area contributed by atoms with Gasteiger partial charge in [-0.3, -0.25) is 10.3 Å².